The first-order valence-electron chi connectivity index (χ1n) is 12.6. The van der Waals surface area contributed by atoms with E-state index in [0.29, 0.717) is 18.4 Å². The second-order valence-corrected chi connectivity index (χ2v) is 9.58. The number of ether oxygens (including phenoxy) is 4. The van der Waals surface area contributed by atoms with Crippen LogP contribution >= 0.6 is 0 Å². The van der Waals surface area contributed by atoms with Crippen molar-refractivity contribution in [3.05, 3.63) is 23.8 Å². The van der Waals surface area contributed by atoms with Crippen molar-refractivity contribution in [3.63, 3.8) is 0 Å². The van der Waals surface area contributed by atoms with Gasteiger partial charge in [-0.25, -0.2) is 0 Å². The third kappa shape index (κ3) is 10.8. The predicted molar refractivity (Wildman–Crippen MR) is 134 cm³/mol. The summed E-state index contributed by atoms with van der Waals surface area (Å²) >= 11 is 0. The van der Waals surface area contributed by atoms with Gasteiger partial charge in [-0.15, -0.1) is 0 Å². The van der Waals surface area contributed by atoms with Crippen LogP contribution in [0.5, 0.6) is 11.5 Å². The van der Waals surface area contributed by atoms with Crippen molar-refractivity contribution in [2.24, 2.45) is 23.5 Å². The quantitative estimate of drug-likeness (QED) is 0.293. The third-order valence-corrected chi connectivity index (χ3v) is 5.58. The van der Waals surface area contributed by atoms with Gasteiger partial charge in [0, 0.05) is 6.42 Å². The number of nitrogens with two attached hydrogens (primary N) is 1. The zero-order valence-corrected chi connectivity index (χ0v) is 22.5. The normalized spacial score (nSPS) is 14.4. The second-order valence-electron chi connectivity index (χ2n) is 9.58. The molecule has 0 aromatic heterocycles. The fourth-order valence-corrected chi connectivity index (χ4v) is 2.88. The first kappa shape index (κ1) is 31.1. The number of hydrogen-bond donors (Lipinski definition) is 1. The first-order chi connectivity index (χ1) is 16.9. The van der Waals surface area contributed by atoms with Crippen LogP contribution in [0.3, 0.4) is 0 Å². The van der Waals surface area contributed by atoms with Gasteiger partial charge in [0.05, 0.1) is 11.8 Å². The van der Waals surface area contributed by atoms with Gasteiger partial charge in [0.2, 0.25) is 0 Å². The summed E-state index contributed by atoms with van der Waals surface area (Å²) in [5.74, 6) is -2.21. The Morgan fingerprint density at radius 2 is 1.39 bits per heavy atom. The molecule has 0 radical (unpaired) electrons. The van der Waals surface area contributed by atoms with Gasteiger partial charge in [0.15, 0.2) is 11.5 Å². The molecule has 2 N–H and O–H groups in total. The predicted octanol–water partition coefficient (Wildman–Crippen LogP) is 3.98. The van der Waals surface area contributed by atoms with E-state index in [1.165, 1.54) is 12.1 Å². The van der Waals surface area contributed by atoms with Gasteiger partial charge in [-0.3, -0.25) is 19.2 Å². The SMILES string of the molecule is CCC(C)C(=O)Oc1ccc(C[C@H](N)C(=O)OC[C@H](C)OC(=O)CC(C)C)cc1OC(=O)C(C)CC. The minimum atomic E-state index is -1.00. The van der Waals surface area contributed by atoms with Crippen molar-refractivity contribution in [2.45, 2.75) is 86.3 Å². The number of hydrogen-bond acceptors (Lipinski definition) is 9. The fourth-order valence-electron chi connectivity index (χ4n) is 2.88. The van der Waals surface area contributed by atoms with Crippen LogP contribution in [0.2, 0.25) is 0 Å². The molecule has 0 aliphatic rings. The molecular weight excluding hydrogens is 466 g/mol. The standard InChI is InChI=1S/C27H41NO8/c1-8-17(5)25(30)35-22-11-10-20(14-23(22)36-26(31)18(6)9-2)13-21(28)27(32)33-15-19(7)34-24(29)12-16(3)4/h10-11,14,16-19,21H,8-9,12-13,15,28H2,1-7H3/t17?,18?,19-,21-/m0/s1. The van der Waals surface area contributed by atoms with Gasteiger partial charge < -0.3 is 24.7 Å². The second kappa shape index (κ2) is 15.2. The summed E-state index contributed by atoms with van der Waals surface area (Å²) in [5.41, 5.74) is 6.61. The summed E-state index contributed by atoms with van der Waals surface area (Å²) in [4.78, 5) is 48.8. The average molecular weight is 508 g/mol. The Hall–Kier alpha value is -2.94. The lowest BCUT2D eigenvalue weighted by Crippen LogP contribution is -2.36. The summed E-state index contributed by atoms with van der Waals surface area (Å²) in [6.07, 6.45) is 0.963. The van der Waals surface area contributed by atoms with Crippen molar-refractivity contribution in [2.75, 3.05) is 6.61 Å². The van der Waals surface area contributed by atoms with E-state index < -0.39 is 30.1 Å². The molecular formula is C27H41NO8. The minimum Gasteiger partial charge on any atom is -0.461 e. The van der Waals surface area contributed by atoms with Gasteiger partial charge in [-0.05, 0) is 49.8 Å². The Morgan fingerprint density at radius 3 is 1.92 bits per heavy atom. The molecule has 0 heterocycles. The minimum absolute atomic E-state index is 0.0840. The molecule has 0 bridgehead atoms. The summed E-state index contributed by atoms with van der Waals surface area (Å²) in [6.45, 7) is 12.6. The van der Waals surface area contributed by atoms with E-state index >= 15 is 0 Å². The van der Waals surface area contributed by atoms with Crippen LogP contribution in [0.25, 0.3) is 0 Å². The zero-order valence-electron chi connectivity index (χ0n) is 22.5. The highest BCUT2D eigenvalue weighted by atomic mass is 16.6. The van der Waals surface area contributed by atoms with Crippen molar-refractivity contribution in [1.82, 2.24) is 0 Å². The topological polar surface area (TPSA) is 131 Å². The Balaban J connectivity index is 2.88. The zero-order chi connectivity index (χ0) is 27.4. The lowest BCUT2D eigenvalue weighted by molar-refractivity contribution is -0.159. The Kier molecular flexibility index (Phi) is 13.2. The van der Waals surface area contributed by atoms with E-state index in [9.17, 15) is 19.2 Å². The number of carbonyl (C=O) groups is 4. The third-order valence-electron chi connectivity index (χ3n) is 5.58. The highest BCUT2D eigenvalue weighted by Gasteiger charge is 2.23. The van der Waals surface area contributed by atoms with E-state index in [1.54, 1.807) is 26.8 Å². The molecule has 0 saturated carbocycles. The van der Waals surface area contributed by atoms with Crippen LogP contribution in [-0.2, 0) is 35.1 Å². The molecule has 1 aromatic rings. The highest BCUT2D eigenvalue weighted by molar-refractivity contribution is 5.79. The van der Waals surface area contributed by atoms with Crippen molar-refractivity contribution < 1.29 is 38.1 Å². The molecule has 1 rings (SSSR count). The van der Waals surface area contributed by atoms with Gasteiger partial charge in [-0.1, -0.05) is 47.6 Å². The molecule has 0 saturated heterocycles. The van der Waals surface area contributed by atoms with Gasteiger partial charge >= 0.3 is 23.9 Å². The molecule has 4 atom stereocenters. The highest BCUT2D eigenvalue weighted by Crippen LogP contribution is 2.31. The maximum Gasteiger partial charge on any atom is 0.323 e. The number of benzene rings is 1. The fraction of sp³-hybridized carbons (Fsp3) is 0.630. The lowest BCUT2D eigenvalue weighted by atomic mass is 10.1. The molecule has 2 unspecified atom stereocenters. The van der Waals surface area contributed by atoms with Gasteiger partial charge in [0.25, 0.3) is 0 Å². The van der Waals surface area contributed by atoms with Crippen LogP contribution in [0.4, 0.5) is 0 Å². The largest absolute Gasteiger partial charge is 0.461 e. The molecule has 0 aliphatic heterocycles. The molecule has 9 heteroatoms. The number of esters is 4. The average Bonchev–Trinajstić information content (AvgIpc) is 2.81. The van der Waals surface area contributed by atoms with E-state index in [1.807, 2.05) is 27.7 Å². The molecule has 202 valence electrons. The van der Waals surface area contributed by atoms with Crippen LogP contribution < -0.4 is 15.2 Å². The van der Waals surface area contributed by atoms with E-state index in [2.05, 4.69) is 0 Å². The van der Waals surface area contributed by atoms with Gasteiger partial charge in [-0.2, -0.15) is 0 Å². The number of carbonyl (C=O) groups excluding carboxylic acids is 4. The molecule has 0 spiro atoms. The monoisotopic (exact) mass is 507 g/mol. The maximum absolute atomic E-state index is 12.4. The van der Waals surface area contributed by atoms with Crippen LogP contribution in [0, 0.1) is 17.8 Å². The Morgan fingerprint density at radius 1 is 0.833 bits per heavy atom. The van der Waals surface area contributed by atoms with Crippen LogP contribution in [0.1, 0.15) is 73.3 Å². The van der Waals surface area contributed by atoms with Gasteiger partial charge in [0.1, 0.15) is 18.8 Å². The van der Waals surface area contributed by atoms with E-state index in [-0.39, 0.29) is 54.7 Å². The molecule has 0 aliphatic carbocycles. The van der Waals surface area contributed by atoms with Crippen molar-refractivity contribution >= 4 is 23.9 Å². The Labute approximate surface area is 214 Å². The molecule has 0 fully saturated rings. The summed E-state index contributed by atoms with van der Waals surface area (Å²) < 4.78 is 21.4. The smallest absolute Gasteiger partial charge is 0.323 e. The molecule has 36 heavy (non-hydrogen) atoms. The van der Waals surface area contributed by atoms with Crippen LogP contribution in [-0.4, -0.2) is 42.6 Å². The summed E-state index contributed by atoms with van der Waals surface area (Å²) in [6, 6.07) is 3.69. The maximum atomic E-state index is 12.4. The molecule has 1 aromatic carbocycles. The lowest BCUT2D eigenvalue weighted by Gasteiger charge is -2.18. The summed E-state index contributed by atoms with van der Waals surface area (Å²) in [5, 5.41) is 0. The van der Waals surface area contributed by atoms with E-state index in [0.717, 1.165) is 0 Å². The van der Waals surface area contributed by atoms with E-state index in [4.69, 9.17) is 24.7 Å². The van der Waals surface area contributed by atoms with Crippen molar-refractivity contribution in [3.8, 4) is 11.5 Å². The van der Waals surface area contributed by atoms with Crippen LogP contribution in [0.15, 0.2) is 18.2 Å². The Bertz CT molecular complexity index is 898. The first-order valence-corrected chi connectivity index (χ1v) is 12.6. The van der Waals surface area contributed by atoms with Crippen molar-refractivity contribution in [1.29, 1.82) is 0 Å². The molecule has 0 amide bonds. The molecule has 9 nitrogen and oxygen atoms in total. The number of rotatable bonds is 14. The summed E-state index contributed by atoms with van der Waals surface area (Å²) in [7, 11) is 0.